The zero-order chi connectivity index (χ0) is 15.0. The van der Waals surface area contributed by atoms with Crippen LogP contribution in [0.15, 0.2) is 24.3 Å². The van der Waals surface area contributed by atoms with Crippen LogP contribution < -0.4 is 11.1 Å². The third-order valence-corrected chi connectivity index (χ3v) is 4.17. The highest BCUT2D eigenvalue weighted by Gasteiger charge is 2.11. The number of nitrogens with one attached hydrogen (secondary N) is 1. The molecule has 0 spiro atoms. The van der Waals surface area contributed by atoms with Crippen molar-refractivity contribution in [2.24, 2.45) is 0 Å². The Morgan fingerprint density at radius 2 is 2.00 bits per heavy atom. The van der Waals surface area contributed by atoms with E-state index in [2.05, 4.69) is 15.3 Å². The molecule has 4 nitrogen and oxygen atoms in total. The summed E-state index contributed by atoms with van der Waals surface area (Å²) in [6.07, 6.45) is 0.881. The van der Waals surface area contributed by atoms with E-state index in [-0.39, 0.29) is 5.95 Å². The molecule has 0 atom stereocenters. The van der Waals surface area contributed by atoms with Crippen molar-refractivity contribution in [1.29, 1.82) is 0 Å². The molecule has 0 saturated heterocycles. The predicted octanol–water partition coefficient (Wildman–Crippen LogP) is 3.86. The topological polar surface area (TPSA) is 63.8 Å². The summed E-state index contributed by atoms with van der Waals surface area (Å²) in [5.41, 5.74) is 6.09. The number of benzene rings is 1. The smallest absolute Gasteiger partial charge is 0.223 e. The molecule has 0 aliphatic heterocycles. The first-order chi connectivity index (χ1) is 10.1. The zero-order valence-electron chi connectivity index (χ0n) is 11.2. The molecule has 3 rings (SSSR count). The van der Waals surface area contributed by atoms with Crippen LogP contribution in [-0.4, -0.2) is 9.97 Å². The van der Waals surface area contributed by atoms with Crippen molar-refractivity contribution < 1.29 is 8.78 Å². The summed E-state index contributed by atoms with van der Waals surface area (Å²) in [5, 5.41) is 3.78. The molecule has 2 heterocycles. The van der Waals surface area contributed by atoms with Crippen molar-refractivity contribution in [2.75, 3.05) is 11.1 Å². The van der Waals surface area contributed by atoms with E-state index >= 15 is 0 Å². The number of rotatable bonds is 3. The number of aryl methyl sites for hydroxylation is 1. The van der Waals surface area contributed by atoms with Gasteiger partial charge in [-0.25, -0.2) is 13.8 Å². The number of hydrogen-bond acceptors (Lipinski definition) is 5. The lowest BCUT2D eigenvalue weighted by Gasteiger charge is -2.07. The molecule has 0 saturated carbocycles. The summed E-state index contributed by atoms with van der Waals surface area (Å²) in [5.74, 6) is -1.19. The molecule has 3 N–H and O–H groups in total. The Balaban J connectivity index is 2.06. The lowest BCUT2D eigenvalue weighted by atomic mass is 10.2. The molecule has 1 aromatic carbocycles. The Bertz CT molecular complexity index is 816. The van der Waals surface area contributed by atoms with Crippen LogP contribution in [0.25, 0.3) is 10.2 Å². The minimum Gasteiger partial charge on any atom is -0.368 e. The van der Waals surface area contributed by atoms with Crippen molar-refractivity contribution in [3.8, 4) is 0 Å². The normalized spacial score (nSPS) is 11.0. The van der Waals surface area contributed by atoms with E-state index in [1.165, 1.54) is 17.4 Å². The van der Waals surface area contributed by atoms with Crippen LogP contribution in [0, 0.1) is 11.6 Å². The Kier molecular flexibility index (Phi) is 3.42. The van der Waals surface area contributed by atoms with E-state index in [0.29, 0.717) is 11.5 Å². The van der Waals surface area contributed by atoms with Crippen LogP contribution in [-0.2, 0) is 6.42 Å². The molecule has 0 radical (unpaired) electrons. The molecule has 108 valence electrons. The first kappa shape index (κ1) is 13.7. The summed E-state index contributed by atoms with van der Waals surface area (Å²) in [7, 11) is 0. The van der Waals surface area contributed by atoms with Gasteiger partial charge in [0.15, 0.2) is 11.6 Å². The summed E-state index contributed by atoms with van der Waals surface area (Å²) < 4.78 is 26.2. The van der Waals surface area contributed by atoms with Gasteiger partial charge < -0.3 is 11.1 Å². The minimum absolute atomic E-state index is 0.136. The standard InChI is InChI=1S/C14H12F2N4S/c1-2-8-6-9-12(19-14(17)20-13(9)21-8)18-7-3-4-10(15)11(16)5-7/h3-6H,2H2,1H3,(H3,17,18,19,20). The van der Waals surface area contributed by atoms with Gasteiger partial charge in [-0.1, -0.05) is 6.92 Å². The highest BCUT2D eigenvalue weighted by atomic mass is 32.1. The number of nitrogen functional groups attached to an aromatic ring is 1. The fourth-order valence-corrected chi connectivity index (χ4v) is 2.94. The second-order valence-electron chi connectivity index (χ2n) is 4.47. The predicted molar refractivity (Wildman–Crippen MR) is 80.8 cm³/mol. The lowest BCUT2D eigenvalue weighted by Crippen LogP contribution is -2.00. The van der Waals surface area contributed by atoms with Gasteiger partial charge in [0.05, 0.1) is 5.39 Å². The Morgan fingerprint density at radius 1 is 1.19 bits per heavy atom. The number of anilines is 3. The monoisotopic (exact) mass is 306 g/mol. The second-order valence-corrected chi connectivity index (χ2v) is 5.58. The third kappa shape index (κ3) is 2.64. The Labute approximate surface area is 123 Å². The van der Waals surface area contributed by atoms with Crippen LogP contribution in [0.2, 0.25) is 0 Å². The van der Waals surface area contributed by atoms with Gasteiger partial charge in [-0.3, -0.25) is 0 Å². The molecule has 0 aliphatic rings. The maximum absolute atomic E-state index is 13.3. The van der Waals surface area contributed by atoms with Crippen molar-refractivity contribution in [1.82, 2.24) is 9.97 Å². The van der Waals surface area contributed by atoms with Crippen molar-refractivity contribution >= 4 is 39.0 Å². The molecular weight excluding hydrogens is 294 g/mol. The molecule has 0 aliphatic carbocycles. The quantitative estimate of drug-likeness (QED) is 0.771. The summed E-state index contributed by atoms with van der Waals surface area (Å²) in [4.78, 5) is 10.3. The number of thiophene rings is 1. The molecule has 3 aromatic rings. The van der Waals surface area contributed by atoms with E-state index in [9.17, 15) is 8.78 Å². The van der Waals surface area contributed by atoms with Crippen LogP contribution >= 0.6 is 11.3 Å². The number of nitrogens with zero attached hydrogens (tertiary/aromatic N) is 2. The second kappa shape index (κ2) is 5.25. The first-order valence-electron chi connectivity index (χ1n) is 6.35. The van der Waals surface area contributed by atoms with Gasteiger partial charge >= 0.3 is 0 Å². The summed E-state index contributed by atoms with van der Waals surface area (Å²) in [6.45, 7) is 2.05. The van der Waals surface area contributed by atoms with Gasteiger partial charge in [-0.05, 0) is 24.6 Å². The summed E-state index contributed by atoms with van der Waals surface area (Å²) in [6, 6.07) is 5.55. The zero-order valence-corrected chi connectivity index (χ0v) is 12.0. The van der Waals surface area contributed by atoms with E-state index < -0.39 is 11.6 Å². The van der Waals surface area contributed by atoms with E-state index in [1.807, 2.05) is 13.0 Å². The number of fused-ring (bicyclic) bond motifs is 1. The molecule has 0 fully saturated rings. The highest BCUT2D eigenvalue weighted by Crippen LogP contribution is 2.31. The van der Waals surface area contributed by atoms with Crippen LogP contribution in [0.1, 0.15) is 11.8 Å². The van der Waals surface area contributed by atoms with Gasteiger partial charge in [0.2, 0.25) is 5.95 Å². The average Bonchev–Trinajstić information content (AvgIpc) is 2.86. The largest absolute Gasteiger partial charge is 0.368 e. The molecule has 0 unspecified atom stereocenters. The maximum Gasteiger partial charge on any atom is 0.223 e. The molecule has 0 amide bonds. The summed E-state index contributed by atoms with van der Waals surface area (Å²) >= 11 is 1.54. The Morgan fingerprint density at radius 3 is 2.71 bits per heavy atom. The van der Waals surface area contributed by atoms with Gasteiger partial charge in [0.25, 0.3) is 0 Å². The fourth-order valence-electron chi connectivity index (χ4n) is 1.97. The molecule has 2 aromatic heterocycles. The number of halogens is 2. The number of aromatic nitrogens is 2. The molecule has 7 heteroatoms. The van der Waals surface area contributed by atoms with Gasteiger partial charge in [-0.2, -0.15) is 4.98 Å². The lowest BCUT2D eigenvalue weighted by molar-refractivity contribution is 0.509. The van der Waals surface area contributed by atoms with Crippen molar-refractivity contribution in [2.45, 2.75) is 13.3 Å². The van der Waals surface area contributed by atoms with Crippen LogP contribution in [0.3, 0.4) is 0 Å². The van der Waals surface area contributed by atoms with Crippen molar-refractivity contribution in [3.63, 3.8) is 0 Å². The minimum atomic E-state index is -0.919. The average molecular weight is 306 g/mol. The van der Waals surface area contributed by atoms with Gasteiger partial charge in [0.1, 0.15) is 10.6 Å². The van der Waals surface area contributed by atoms with E-state index in [1.54, 1.807) is 0 Å². The SMILES string of the molecule is CCc1cc2c(Nc3ccc(F)c(F)c3)nc(N)nc2s1. The van der Waals surface area contributed by atoms with Crippen molar-refractivity contribution in [3.05, 3.63) is 40.8 Å². The maximum atomic E-state index is 13.3. The molecule has 21 heavy (non-hydrogen) atoms. The molecular formula is C14H12F2N4S. The van der Waals surface area contributed by atoms with Gasteiger partial charge in [0, 0.05) is 16.6 Å². The third-order valence-electron chi connectivity index (χ3n) is 2.99. The Hall–Kier alpha value is -2.28. The highest BCUT2D eigenvalue weighted by molar-refractivity contribution is 7.18. The van der Waals surface area contributed by atoms with E-state index in [0.717, 1.165) is 33.6 Å². The van der Waals surface area contributed by atoms with Crippen LogP contribution in [0.4, 0.5) is 26.2 Å². The van der Waals surface area contributed by atoms with E-state index in [4.69, 9.17) is 5.73 Å². The fraction of sp³-hybridized carbons (Fsp3) is 0.143. The van der Waals surface area contributed by atoms with Crippen LogP contribution in [0.5, 0.6) is 0 Å². The first-order valence-corrected chi connectivity index (χ1v) is 7.16. The number of nitrogens with two attached hydrogens (primary N) is 1. The van der Waals surface area contributed by atoms with Gasteiger partial charge in [-0.15, -0.1) is 11.3 Å². The molecule has 0 bridgehead atoms. The number of hydrogen-bond donors (Lipinski definition) is 2.